The topological polar surface area (TPSA) is 82.2 Å². The molecular weight excluding hydrogens is 368 g/mol. The normalized spacial score (nSPS) is 24.4. The van der Waals surface area contributed by atoms with Crippen LogP contribution in [-0.4, -0.2) is 87.1 Å². The van der Waals surface area contributed by atoms with E-state index >= 15 is 0 Å². The Labute approximate surface area is 163 Å². The van der Waals surface area contributed by atoms with Crippen LogP contribution in [0.2, 0.25) is 0 Å². The number of piperazine rings is 1. The van der Waals surface area contributed by atoms with Crippen molar-refractivity contribution in [1.29, 1.82) is 0 Å². The Bertz CT molecular complexity index is 578. The van der Waals surface area contributed by atoms with E-state index in [0.29, 0.717) is 32.8 Å². The highest BCUT2D eigenvalue weighted by Gasteiger charge is 2.32. The molecule has 0 aromatic rings. The van der Waals surface area contributed by atoms with Crippen molar-refractivity contribution in [2.75, 3.05) is 52.4 Å². The number of nitrogens with one attached hydrogen (secondary N) is 1. The van der Waals surface area contributed by atoms with E-state index in [2.05, 4.69) is 9.62 Å². The molecule has 3 aliphatic rings. The predicted octanol–water partition coefficient (Wildman–Crippen LogP) is 1.25. The van der Waals surface area contributed by atoms with Gasteiger partial charge in [0.05, 0.1) is 6.61 Å². The Morgan fingerprint density at radius 1 is 1.00 bits per heavy atom. The number of amides is 1. The maximum atomic E-state index is 12.7. The zero-order valence-electron chi connectivity index (χ0n) is 16.4. The number of nitrogens with zero attached hydrogens (tertiary/aromatic N) is 3. The zero-order valence-corrected chi connectivity index (χ0v) is 17.3. The molecule has 0 aromatic heterocycles. The maximum absolute atomic E-state index is 12.7. The van der Waals surface area contributed by atoms with Crippen molar-refractivity contribution in [3.05, 3.63) is 0 Å². The lowest BCUT2D eigenvalue weighted by atomic mass is 10.0. The van der Waals surface area contributed by atoms with Crippen LogP contribution >= 0.6 is 0 Å². The first-order valence-electron chi connectivity index (χ1n) is 10.4. The molecule has 2 aliphatic heterocycles. The summed E-state index contributed by atoms with van der Waals surface area (Å²) >= 11 is 0. The molecule has 8 nitrogen and oxygen atoms in total. The number of ether oxygens (including phenoxy) is 1. The molecular formula is C18H34N4O4S. The molecule has 0 unspecified atom stereocenters. The predicted molar refractivity (Wildman–Crippen MR) is 104 cm³/mol. The Morgan fingerprint density at radius 2 is 1.63 bits per heavy atom. The second-order valence-electron chi connectivity index (χ2n) is 7.93. The lowest BCUT2D eigenvalue weighted by Crippen LogP contribution is -2.56. The number of hydrogen-bond donors (Lipinski definition) is 1. The van der Waals surface area contributed by atoms with Crippen molar-refractivity contribution in [3.63, 3.8) is 0 Å². The van der Waals surface area contributed by atoms with Gasteiger partial charge in [0.25, 0.3) is 10.2 Å². The summed E-state index contributed by atoms with van der Waals surface area (Å²) in [5, 5.41) is 0. The van der Waals surface area contributed by atoms with E-state index in [1.807, 2.05) is 0 Å². The van der Waals surface area contributed by atoms with Gasteiger partial charge in [-0.1, -0.05) is 12.8 Å². The third kappa shape index (κ3) is 5.79. The molecule has 1 aliphatic carbocycles. The standard InChI is InChI=1S/C18H34N4O4S/c1-2-26-18(23)21-11-13-22(14-12-21)27(24,25)19-17-7-9-20(10-8-17)15-16-5-3-4-6-16/h16-17,19H,2-15H2,1H3. The van der Waals surface area contributed by atoms with Crippen LogP contribution in [0.5, 0.6) is 0 Å². The summed E-state index contributed by atoms with van der Waals surface area (Å²) in [6.07, 6.45) is 6.81. The van der Waals surface area contributed by atoms with Crippen LogP contribution in [0.25, 0.3) is 0 Å². The van der Waals surface area contributed by atoms with Crippen molar-refractivity contribution < 1.29 is 17.9 Å². The summed E-state index contributed by atoms with van der Waals surface area (Å²) in [4.78, 5) is 15.8. The molecule has 3 fully saturated rings. The number of rotatable bonds is 6. The van der Waals surface area contributed by atoms with Crippen molar-refractivity contribution in [2.24, 2.45) is 5.92 Å². The van der Waals surface area contributed by atoms with E-state index < -0.39 is 10.2 Å². The van der Waals surface area contributed by atoms with Crippen LogP contribution in [0.1, 0.15) is 45.4 Å². The molecule has 0 spiro atoms. The van der Waals surface area contributed by atoms with Gasteiger partial charge < -0.3 is 14.5 Å². The quantitative estimate of drug-likeness (QED) is 0.723. The van der Waals surface area contributed by atoms with E-state index in [1.165, 1.54) is 36.5 Å². The minimum atomic E-state index is -3.50. The van der Waals surface area contributed by atoms with Gasteiger partial charge in [-0.15, -0.1) is 0 Å². The zero-order chi connectivity index (χ0) is 19.3. The smallest absolute Gasteiger partial charge is 0.409 e. The largest absolute Gasteiger partial charge is 0.450 e. The van der Waals surface area contributed by atoms with E-state index in [4.69, 9.17) is 4.74 Å². The second kappa shape index (κ2) is 9.54. The average molecular weight is 403 g/mol. The maximum Gasteiger partial charge on any atom is 0.409 e. The van der Waals surface area contributed by atoms with Gasteiger partial charge in [-0.3, -0.25) is 0 Å². The number of carbonyl (C=O) groups is 1. The molecule has 0 radical (unpaired) electrons. The minimum Gasteiger partial charge on any atom is -0.450 e. The lowest BCUT2D eigenvalue weighted by Gasteiger charge is -2.36. The fourth-order valence-electron chi connectivity index (χ4n) is 4.40. The third-order valence-electron chi connectivity index (χ3n) is 6.00. The van der Waals surface area contributed by atoms with Gasteiger partial charge in [0.15, 0.2) is 0 Å². The van der Waals surface area contributed by atoms with E-state index in [0.717, 1.165) is 31.8 Å². The van der Waals surface area contributed by atoms with Crippen LogP contribution in [0.15, 0.2) is 0 Å². The van der Waals surface area contributed by atoms with Gasteiger partial charge in [0, 0.05) is 38.8 Å². The highest BCUT2D eigenvalue weighted by Crippen LogP contribution is 2.26. The molecule has 3 rings (SSSR count). The van der Waals surface area contributed by atoms with Crippen molar-refractivity contribution >= 4 is 16.3 Å². The summed E-state index contributed by atoms with van der Waals surface area (Å²) in [7, 11) is -3.50. The van der Waals surface area contributed by atoms with E-state index in [1.54, 1.807) is 11.8 Å². The number of hydrogen-bond acceptors (Lipinski definition) is 5. The summed E-state index contributed by atoms with van der Waals surface area (Å²) in [6.45, 7) is 6.60. The van der Waals surface area contributed by atoms with Gasteiger partial charge in [0.1, 0.15) is 0 Å². The second-order valence-corrected chi connectivity index (χ2v) is 9.64. The van der Waals surface area contributed by atoms with Crippen LogP contribution in [0, 0.1) is 5.92 Å². The van der Waals surface area contributed by atoms with E-state index in [9.17, 15) is 13.2 Å². The Balaban J connectivity index is 1.40. The Hall–Kier alpha value is -0.900. The van der Waals surface area contributed by atoms with Crippen molar-refractivity contribution in [1.82, 2.24) is 18.8 Å². The van der Waals surface area contributed by atoms with Gasteiger partial charge in [0.2, 0.25) is 0 Å². The number of carbonyl (C=O) groups excluding carboxylic acids is 1. The summed E-state index contributed by atoms with van der Waals surface area (Å²) in [6, 6.07) is 0.0120. The molecule has 1 N–H and O–H groups in total. The molecule has 27 heavy (non-hydrogen) atoms. The molecule has 2 heterocycles. The van der Waals surface area contributed by atoms with E-state index in [-0.39, 0.29) is 12.1 Å². The summed E-state index contributed by atoms with van der Waals surface area (Å²) in [5.41, 5.74) is 0. The Morgan fingerprint density at radius 3 is 2.22 bits per heavy atom. The molecule has 0 atom stereocenters. The summed E-state index contributed by atoms with van der Waals surface area (Å²) in [5.74, 6) is 0.842. The highest BCUT2D eigenvalue weighted by atomic mass is 32.2. The SMILES string of the molecule is CCOC(=O)N1CCN(S(=O)(=O)NC2CCN(CC3CCCC3)CC2)CC1. The minimum absolute atomic E-state index is 0.0120. The van der Waals surface area contributed by atoms with Crippen LogP contribution in [0.4, 0.5) is 4.79 Å². The highest BCUT2D eigenvalue weighted by molar-refractivity contribution is 7.87. The average Bonchev–Trinajstić information content (AvgIpc) is 3.16. The first-order chi connectivity index (χ1) is 13.0. The van der Waals surface area contributed by atoms with Gasteiger partial charge in [-0.2, -0.15) is 17.4 Å². The fourth-order valence-corrected chi connectivity index (χ4v) is 5.85. The molecule has 1 amide bonds. The molecule has 9 heteroatoms. The lowest BCUT2D eigenvalue weighted by molar-refractivity contribution is 0.0930. The molecule has 1 saturated carbocycles. The Kier molecular flexibility index (Phi) is 7.35. The van der Waals surface area contributed by atoms with Crippen LogP contribution < -0.4 is 4.72 Å². The van der Waals surface area contributed by atoms with Crippen LogP contribution in [0.3, 0.4) is 0 Å². The first kappa shape index (κ1) is 20.8. The van der Waals surface area contributed by atoms with Gasteiger partial charge in [-0.05, 0) is 51.6 Å². The third-order valence-corrected chi connectivity index (χ3v) is 7.68. The molecule has 156 valence electrons. The van der Waals surface area contributed by atoms with Gasteiger partial charge >= 0.3 is 6.09 Å². The molecule has 0 aromatic carbocycles. The molecule has 2 saturated heterocycles. The first-order valence-corrected chi connectivity index (χ1v) is 11.8. The fraction of sp³-hybridized carbons (Fsp3) is 0.944. The summed E-state index contributed by atoms with van der Waals surface area (Å²) < 4.78 is 34.7. The van der Waals surface area contributed by atoms with Crippen molar-refractivity contribution in [3.8, 4) is 0 Å². The van der Waals surface area contributed by atoms with Crippen molar-refractivity contribution in [2.45, 2.75) is 51.5 Å². The number of piperidine rings is 1. The molecule has 0 bridgehead atoms. The number of likely N-dealkylation sites (tertiary alicyclic amines) is 1. The monoisotopic (exact) mass is 402 g/mol. The van der Waals surface area contributed by atoms with Crippen LogP contribution in [-0.2, 0) is 14.9 Å². The van der Waals surface area contributed by atoms with Gasteiger partial charge in [-0.25, -0.2) is 4.79 Å².